The second kappa shape index (κ2) is 9.36. The van der Waals surface area contributed by atoms with E-state index in [1.54, 1.807) is 7.11 Å². The monoisotopic (exact) mass is 438 g/mol. The third-order valence-corrected chi connectivity index (χ3v) is 6.47. The number of aromatic amines is 1. The van der Waals surface area contributed by atoms with E-state index in [-0.39, 0.29) is 5.56 Å². The quantitative estimate of drug-likeness (QED) is 0.223. The number of aromatic nitrogens is 2. The minimum Gasteiger partial charge on any atom is -0.497 e. The Morgan fingerprint density at radius 3 is 2.53 bits per heavy atom. The molecule has 30 heavy (non-hydrogen) atoms. The molecule has 154 valence electrons. The number of fused-ring (bicyclic) bond motifs is 1. The average molecular weight is 439 g/mol. The molecule has 0 aliphatic rings. The number of ether oxygens (including phenoxy) is 2. The highest BCUT2D eigenvalue weighted by Crippen LogP contribution is 2.31. The molecule has 0 saturated carbocycles. The number of H-pyrrole nitrogens is 1. The van der Waals surface area contributed by atoms with Crippen molar-refractivity contribution < 1.29 is 9.47 Å². The first kappa shape index (κ1) is 20.5. The number of thiophene rings is 1. The fourth-order valence-electron chi connectivity index (χ4n) is 3.03. The van der Waals surface area contributed by atoms with Gasteiger partial charge >= 0.3 is 0 Å². The van der Waals surface area contributed by atoms with Crippen LogP contribution < -0.4 is 15.0 Å². The van der Waals surface area contributed by atoms with Gasteiger partial charge in [0.15, 0.2) is 5.16 Å². The van der Waals surface area contributed by atoms with Gasteiger partial charge in [0.25, 0.3) is 5.56 Å². The van der Waals surface area contributed by atoms with Crippen molar-refractivity contribution in [3.05, 3.63) is 69.8 Å². The van der Waals surface area contributed by atoms with Gasteiger partial charge in [-0.25, -0.2) is 4.98 Å². The predicted molar refractivity (Wildman–Crippen MR) is 124 cm³/mol. The lowest BCUT2D eigenvalue weighted by molar-refractivity contribution is 0.318. The van der Waals surface area contributed by atoms with Gasteiger partial charge in [0.1, 0.15) is 16.3 Å². The molecule has 0 radical (unpaired) electrons. The molecule has 2 heterocycles. The number of methoxy groups -OCH3 is 1. The van der Waals surface area contributed by atoms with E-state index >= 15 is 0 Å². The van der Waals surface area contributed by atoms with Crippen LogP contribution in [0.25, 0.3) is 21.3 Å². The van der Waals surface area contributed by atoms with Crippen molar-refractivity contribution in [3.8, 4) is 22.6 Å². The summed E-state index contributed by atoms with van der Waals surface area (Å²) in [6.07, 6.45) is 0.845. The second-order valence-electron chi connectivity index (χ2n) is 6.79. The first-order valence-electron chi connectivity index (χ1n) is 9.62. The molecule has 7 heteroatoms. The summed E-state index contributed by atoms with van der Waals surface area (Å²) in [5.41, 5.74) is 3.08. The summed E-state index contributed by atoms with van der Waals surface area (Å²) in [6.45, 7) is 2.65. The molecule has 0 aliphatic heterocycles. The average Bonchev–Trinajstić information content (AvgIpc) is 3.19. The Morgan fingerprint density at radius 1 is 1.07 bits per heavy atom. The predicted octanol–water partition coefficient (Wildman–Crippen LogP) is 5.53. The zero-order valence-corrected chi connectivity index (χ0v) is 18.4. The molecule has 5 nitrogen and oxygen atoms in total. The molecule has 4 aromatic rings. The van der Waals surface area contributed by atoms with Crippen molar-refractivity contribution in [2.75, 3.05) is 19.5 Å². The first-order chi connectivity index (χ1) is 14.6. The van der Waals surface area contributed by atoms with Crippen LogP contribution in [0.5, 0.6) is 11.5 Å². The third kappa shape index (κ3) is 4.68. The van der Waals surface area contributed by atoms with Crippen LogP contribution in [0, 0.1) is 6.92 Å². The van der Waals surface area contributed by atoms with Gasteiger partial charge in [0.2, 0.25) is 0 Å². The summed E-state index contributed by atoms with van der Waals surface area (Å²) in [7, 11) is 1.64. The molecular formula is C23H22N2O3S2. The molecule has 0 unspecified atom stereocenters. The summed E-state index contributed by atoms with van der Waals surface area (Å²) in [5, 5.41) is 3.32. The van der Waals surface area contributed by atoms with Crippen molar-refractivity contribution >= 4 is 33.3 Å². The summed E-state index contributed by atoms with van der Waals surface area (Å²) in [4.78, 5) is 21.1. The van der Waals surface area contributed by atoms with Gasteiger partial charge in [-0.3, -0.25) is 4.79 Å². The van der Waals surface area contributed by atoms with E-state index in [4.69, 9.17) is 9.47 Å². The van der Waals surface area contributed by atoms with Gasteiger partial charge in [0.05, 0.1) is 19.1 Å². The highest BCUT2D eigenvalue weighted by Gasteiger charge is 2.13. The molecule has 0 saturated heterocycles. The van der Waals surface area contributed by atoms with E-state index < -0.39 is 0 Å². The van der Waals surface area contributed by atoms with Crippen molar-refractivity contribution in [1.82, 2.24) is 9.97 Å². The Balaban J connectivity index is 1.37. The fourth-order valence-corrected chi connectivity index (χ4v) is 4.81. The largest absolute Gasteiger partial charge is 0.497 e. The first-order valence-corrected chi connectivity index (χ1v) is 11.5. The van der Waals surface area contributed by atoms with Crippen molar-refractivity contribution in [2.45, 2.75) is 18.5 Å². The third-order valence-electron chi connectivity index (χ3n) is 4.64. The van der Waals surface area contributed by atoms with Crippen LogP contribution in [0.15, 0.2) is 63.9 Å². The molecule has 0 bridgehead atoms. The van der Waals surface area contributed by atoms with Gasteiger partial charge in [0, 0.05) is 16.7 Å². The maximum absolute atomic E-state index is 12.7. The zero-order chi connectivity index (χ0) is 20.9. The smallest absolute Gasteiger partial charge is 0.260 e. The highest BCUT2D eigenvalue weighted by atomic mass is 32.2. The minimum absolute atomic E-state index is 0.0891. The van der Waals surface area contributed by atoms with Crippen LogP contribution in [0.4, 0.5) is 0 Å². The van der Waals surface area contributed by atoms with Crippen LogP contribution in [-0.2, 0) is 0 Å². The van der Waals surface area contributed by atoms with Gasteiger partial charge in [-0.2, -0.15) is 0 Å². The Morgan fingerprint density at radius 2 is 1.80 bits per heavy atom. The topological polar surface area (TPSA) is 64.2 Å². The maximum atomic E-state index is 12.7. The van der Waals surface area contributed by atoms with Crippen LogP contribution in [0.3, 0.4) is 0 Å². The molecular weight excluding hydrogens is 416 g/mol. The molecule has 2 aromatic heterocycles. The molecule has 0 aliphatic carbocycles. The number of hydrogen-bond donors (Lipinski definition) is 1. The number of nitrogens with zero attached hydrogens (tertiary/aromatic N) is 1. The van der Waals surface area contributed by atoms with Gasteiger partial charge in [-0.05, 0) is 43.2 Å². The molecule has 0 fully saturated rings. The molecule has 0 atom stereocenters. The Hall–Kier alpha value is -2.77. The van der Waals surface area contributed by atoms with Gasteiger partial charge in [-0.15, -0.1) is 11.3 Å². The number of benzene rings is 2. The summed E-state index contributed by atoms with van der Waals surface area (Å²) in [6, 6.07) is 15.7. The summed E-state index contributed by atoms with van der Waals surface area (Å²) < 4.78 is 10.9. The standard InChI is InChI=1S/C23H22N2O3S2/c1-15-4-6-16(7-5-15)19-14-30-22-20(19)21(26)24-23(25-22)29-13-3-12-28-18-10-8-17(27-2)9-11-18/h4-11,14H,3,12-13H2,1-2H3,(H,24,25,26). The van der Waals surface area contributed by atoms with E-state index in [0.717, 1.165) is 39.6 Å². The van der Waals surface area contributed by atoms with Crippen LogP contribution in [0.1, 0.15) is 12.0 Å². The fraction of sp³-hybridized carbons (Fsp3) is 0.217. The molecule has 1 N–H and O–H groups in total. The van der Waals surface area contributed by atoms with E-state index in [1.807, 2.05) is 41.8 Å². The van der Waals surface area contributed by atoms with E-state index in [9.17, 15) is 4.79 Å². The molecule has 0 spiro atoms. The summed E-state index contributed by atoms with van der Waals surface area (Å²) >= 11 is 3.04. The Bertz CT molecular complexity index is 1180. The lowest BCUT2D eigenvalue weighted by atomic mass is 10.1. The summed E-state index contributed by atoms with van der Waals surface area (Å²) in [5.74, 6) is 2.43. The van der Waals surface area contributed by atoms with Crippen molar-refractivity contribution in [2.24, 2.45) is 0 Å². The van der Waals surface area contributed by atoms with Gasteiger partial charge in [-0.1, -0.05) is 41.6 Å². The zero-order valence-electron chi connectivity index (χ0n) is 16.8. The number of nitrogens with one attached hydrogen (secondary N) is 1. The van der Waals surface area contributed by atoms with Crippen LogP contribution in [0.2, 0.25) is 0 Å². The van der Waals surface area contributed by atoms with E-state index in [0.29, 0.717) is 17.1 Å². The Kier molecular flexibility index (Phi) is 6.40. The van der Waals surface area contributed by atoms with E-state index in [1.165, 1.54) is 28.7 Å². The van der Waals surface area contributed by atoms with Crippen molar-refractivity contribution in [3.63, 3.8) is 0 Å². The van der Waals surface area contributed by atoms with Crippen LogP contribution in [-0.4, -0.2) is 29.4 Å². The number of thioether (sulfide) groups is 1. The maximum Gasteiger partial charge on any atom is 0.260 e. The number of aryl methyl sites for hydroxylation is 1. The molecule has 0 amide bonds. The molecule has 4 rings (SSSR count). The minimum atomic E-state index is -0.0891. The van der Waals surface area contributed by atoms with Crippen molar-refractivity contribution in [1.29, 1.82) is 0 Å². The lowest BCUT2D eigenvalue weighted by Crippen LogP contribution is -2.09. The Labute approximate surface area is 183 Å². The van der Waals surface area contributed by atoms with Gasteiger partial charge < -0.3 is 14.5 Å². The number of hydrogen-bond acceptors (Lipinski definition) is 6. The highest BCUT2D eigenvalue weighted by molar-refractivity contribution is 7.99. The van der Waals surface area contributed by atoms with E-state index in [2.05, 4.69) is 29.0 Å². The normalized spacial score (nSPS) is 11.0. The molecule has 2 aromatic carbocycles. The second-order valence-corrected chi connectivity index (χ2v) is 8.73. The van der Waals surface area contributed by atoms with Crippen LogP contribution >= 0.6 is 23.1 Å². The SMILES string of the molecule is COc1ccc(OCCCSc2nc3scc(-c4ccc(C)cc4)c3c(=O)[nH]2)cc1. The lowest BCUT2D eigenvalue weighted by Gasteiger charge is -2.07. The number of rotatable bonds is 8.